The van der Waals surface area contributed by atoms with Gasteiger partial charge >= 0.3 is 5.97 Å². The van der Waals surface area contributed by atoms with E-state index in [1.165, 1.54) is 13.3 Å². The Morgan fingerprint density at radius 2 is 2.40 bits per heavy atom. The number of benzene rings is 1. The molecule has 0 saturated carbocycles. The van der Waals surface area contributed by atoms with Crippen LogP contribution in [0.3, 0.4) is 0 Å². The summed E-state index contributed by atoms with van der Waals surface area (Å²) < 4.78 is 10.2. The third-order valence-electron chi connectivity index (χ3n) is 1.96. The van der Waals surface area contributed by atoms with Crippen molar-refractivity contribution < 1.29 is 19.1 Å². The molecule has 0 amide bonds. The van der Waals surface area contributed by atoms with Crippen LogP contribution in [0.25, 0.3) is 11.1 Å². The Morgan fingerprint density at radius 1 is 1.60 bits per heavy atom. The molecule has 0 saturated heterocycles. The zero-order chi connectivity index (χ0) is 10.8. The number of aromatic nitrogens is 1. The number of hydrogen-bond donors (Lipinski definition) is 1. The van der Waals surface area contributed by atoms with E-state index in [2.05, 4.69) is 4.98 Å². The van der Waals surface area contributed by atoms with Gasteiger partial charge in [0, 0.05) is 6.07 Å². The lowest BCUT2D eigenvalue weighted by molar-refractivity contribution is -0.144. The maximum absolute atomic E-state index is 10.6. The molecule has 5 nitrogen and oxygen atoms in total. The van der Waals surface area contributed by atoms with Crippen LogP contribution in [0.2, 0.25) is 0 Å². The first kappa shape index (κ1) is 9.51. The molecule has 15 heavy (non-hydrogen) atoms. The van der Waals surface area contributed by atoms with Gasteiger partial charge in [-0.2, -0.15) is 0 Å². The highest BCUT2D eigenvalue weighted by Crippen LogP contribution is 2.20. The maximum atomic E-state index is 10.6. The molecular formula is C10H9NO4. The van der Waals surface area contributed by atoms with Crippen LogP contribution in [0.4, 0.5) is 0 Å². The van der Waals surface area contributed by atoms with Gasteiger partial charge < -0.3 is 14.3 Å². The van der Waals surface area contributed by atoms with Crippen LogP contribution in [0.15, 0.2) is 29.0 Å². The standard InChI is InChI=1S/C10H9NO4/c1-6(10(12)13)15-7-2-3-8-9(4-7)14-5-11-8/h2-6H,1H3,(H,12,13). The zero-order valence-corrected chi connectivity index (χ0v) is 8.01. The normalized spacial score (nSPS) is 12.6. The number of fused-ring (bicyclic) bond motifs is 1. The number of rotatable bonds is 3. The molecule has 1 heterocycles. The molecule has 1 N–H and O–H groups in total. The summed E-state index contributed by atoms with van der Waals surface area (Å²) in [6.07, 6.45) is 0.445. The highest BCUT2D eigenvalue weighted by Gasteiger charge is 2.12. The summed E-state index contributed by atoms with van der Waals surface area (Å²) in [5.74, 6) is -0.554. The molecule has 1 unspecified atom stereocenters. The van der Waals surface area contributed by atoms with E-state index < -0.39 is 12.1 Å². The summed E-state index contributed by atoms with van der Waals surface area (Å²) in [6.45, 7) is 1.47. The van der Waals surface area contributed by atoms with Crippen molar-refractivity contribution in [2.45, 2.75) is 13.0 Å². The molecule has 1 atom stereocenters. The maximum Gasteiger partial charge on any atom is 0.344 e. The first-order chi connectivity index (χ1) is 7.16. The quantitative estimate of drug-likeness (QED) is 0.828. The molecule has 0 aliphatic carbocycles. The van der Waals surface area contributed by atoms with E-state index in [4.69, 9.17) is 14.3 Å². The Morgan fingerprint density at radius 3 is 3.13 bits per heavy atom. The van der Waals surface area contributed by atoms with Gasteiger partial charge in [-0.1, -0.05) is 0 Å². The van der Waals surface area contributed by atoms with Gasteiger partial charge in [0.2, 0.25) is 0 Å². The highest BCUT2D eigenvalue weighted by molar-refractivity contribution is 5.75. The fourth-order valence-corrected chi connectivity index (χ4v) is 1.16. The summed E-state index contributed by atoms with van der Waals surface area (Å²) in [4.78, 5) is 14.5. The van der Waals surface area contributed by atoms with Gasteiger partial charge in [0.25, 0.3) is 0 Å². The third kappa shape index (κ3) is 1.90. The first-order valence-electron chi connectivity index (χ1n) is 4.39. The van der Waals surface area contributed by atoms with Gasteiger partial charge in [0.05, 0.1) is 0 Å². The number of nitrogens with zero attached hydrogens (tertiary/aromatic N) is 1. The van der Waals surface area contributed by atoms with Crippen molar-refractivity contribution >= 4 is 17.1 Å². The van der Waals surface area contributed by atoms with Gasteiger partial charge in [-0.05, 0) is 19.1 Å². The molecule has 78 valence electrons. The molecule has 1 aromatic carbocycles. The number of oxazole rings is 1. The van der Waals surface area contributed by atoms with Crippen LogP contribution in [0, 0.1) is 0 Å². The van der Waals surface area contributed by atoms with E-state index in [9.17, 15) is 4.79 Å². The van der Waals surface area contributed by atoms with E-state index in [0.29, 0.717) is 16.8 Å². The first-order valence-corrected chi connectivity index (χ1v) is 4.39. The van der Waals surface area contributed by atoms with Crippen molar-refractivity contribution in [2.24, 2.45) is 0 Å². The van der Waals surface area contributed by atoms with Gasteiger partial charge in [-0.3, -0.25) is 0 Å². The van der Waals surface area contributed by atoms with Crippen molar-refractivity contribution in [1.82, 2.24) is 4.98 Å². The number of hydrogen-bond acceptors (Lipinski definition) is 4. The molecule has 0 radical (unpaired) electrons. The average Bonchev–Trinajstić information content (AvgIpc) is 2.64. The lowest BCUT2D eigenvalue weighted by Crippen LogP contribution is -2.22. The van der Waals surface area contributed by atoms with E-state index in [1.807, 2.05) is 0 Å². The lowest BCUT2D eigenvalue weighted by Gasteiger charge is -2.09. The minimum atomic E-state index is -1.01. The van der Waals surface area contributed by atoms with Crippen molar-refractivity contribution in [2.75, 3.05) is 0 Å². The van der Waals surface area contributed by atoms with Crippen LogP contribution in [-0.4, -0.2) is 22.2 Å². The summed E-state index contributed by atoms with van der Waals surface area (Å²) in [6, 6.07) is 4.98. The van der Waals surface area contributed by atoms with Crippen molar-refractivity contribution in [3.63, 3.8) is 0 Å². The SMILES string of the molecule is CC(Oc1ccc2ncoc2c1)C(=O)O. The Bertz CT molecular complexity index is 491. The fraction of sp³-hybridized carbons (Fsp3) is 0.200. The molecule has 0 aliphatic rings. The Balaban J connectivity index is 2.24. The second-order valence-electron chi connectivity index (χ2n) is 3.08. The molecule has 5 heteroatoms. The van der Waals surface area contributed by atoms with E-state index in [-0.39, 0.29) is 0 Å². The molecule has 0 bridgehead atoms. The minimum Gasteiger partial charge on any atom is -0.479 e. The monoisotopic (exact) mass is 207 g/mol. The average molecular weight is 207 g/mol. The largest absolute Gasteiger partial charge is 0.479 e. The topological polar surface area (TPSA) is 72.6 Å². The van der Waals surface area contributed by atoms with Gasteiger partial charge in [-0.25, -0.2) is 9.78 Å². The predicted molar refractivity (Wildman–Crippen MR) is 51.7 cm³/mol. The van der Waals surface area contributed by atoms with Crippen LogP contribution in [0.1, 0.15) is 6.92 Å². The number of carbonyl (C=O) groups is 1. The molecule has 0 spiro atoms. The minimum absolute atomic E-state index is 0.453. The van der Waals surface area contributed by atoms with Gasteiger partial charge in [0.15, 0.2) is 18.1 Å². The second-order valence-corrected chi connectivity index (χ2v) is 3.08. The number of carboxylic acid groups (broad SMARTS) is 1. The van der Waals surface area contributed by atoms with Crippen molar-refractivity contribution in [3.8, 4) is 5.75 Å². The van der Waals surface area contributed by atoms with Crippen molar-refractivity contribution in [3.05, 3.63) is 24.6 Å². The molecule has 2 aromatic rings. The summed E-state index contributed by atoms with van der Waals surface area (Å²) in [5.41, 5.74) is 1.29. The van der Waals surface area contributed by atoms with Crippen molar-refractivity contribution in [1.29, 1.82) is 0 Å². The summed E-state index contributed by atoms with van der Waals surface area (Å²) >= 11 is 0. The predicted octanol–water partition coefficient (Wildman–Crippen LogP) is 1.68. The van der Waals surface area contributed by atoms with Gasteiger partial charge in [0.1, 0.15) is 11.3 Å². The van der Waals surface area contributed by atoms with Crippen LogP contribution >= 0.6 is 0 Å². The fourth-order valence-electron chi connectivity index (χ4n) is 1.16. The van der Waals surface area contributed by atoms with E-state index in [0.717, 1.165) is 0 Å². The molecule has 2 rings (SSSR count). The number of aliphatic carboxylic acids is 1. The Hall–Kier alpha value is -2.04. The summed E-state index contributed by atoms with van der Waals surface area (Å²) in [7, 11) is 0. The second kappa shape index (κ2) is 3.61. The third-order valence-corrected chi connectivity index (χ3v) is 1.96. The summed E-state index contributed by atoms with van der Waals surface area (Å²) in [5, 5.41) is 8.66. The zero-order valence-electron chi connectivity index (χ0n) is 8.01. The molecule has 0 fully saturated rings. The molecule has 1 aromatic heterocycles. The Kier molecular flexibility index (Phi) is 2.29. The number of ether oxygens (including phenoxy) is 1. The smallest absolute Gasteiger partial charge is 0.344 e. The van der Waals surface area contributed by atoms with Gasteiger partial charge in [-0.15, -0.1) is 0 Å². The van der Waals surface area contributed by atoms with E-state index in [1.54, 1.807) is 18.2 Å². The van der Waals surface area contributed by atoms with E-state index >= 15 is 0 Å². The molecule has 0 aliphatic heterocycles. The van der Waals surface area contributed by atoms with Crippen LogP contribution in [-0.2, 0) is 4.79 Å². The highest BCUT2D eigenvalue weighted by atomic mass is 16.5. The lowest BCUT2D eigenvalue weighted by atomic mass is 10.3. The Labute approximate surface area is 85.3 Å². The van der Waals surface area contributed by atoms with Crippen LogP contribution < -0.4 is 4.74 Å². The van der Waals surface area contributed by atoms with Crippen LogP contribution in [0.5, 0.6) is 5.75 Å². The molecular weight excluding hydrogens is 198 g/mol. The number of carboxylic acids is 1.